The molecule has 0 spiro atoms. The van der Waals surface area contributed by atoms with E-state index < -0.39 is 6.10 Å². The number of rotatable bonds is 55. The molecule has 0 amide bonds. The first-order valence-electron chi connectivity index (χ1n) is 29.9. The van der Waals surface area contributed by atoms with Gasteiger partial charge >= 0.3 is 17.9 Å². The fourth-order valence-corrected chi connectivity index (χ4v) is 8.97. The van der Waals surface area contributed by atoms with Gasteiger partial charge in [0.2, 0.25) is 0 Å². The Labute approximate surface area is 417 Å². The highest BCUT2D eigenvalue weighted by molar-refractivity contribution is 5.71. The molecule has 0 aromatic heterocycles. The van der Waals surface area contributed by atoms with Gasteiger partial charge in [-0.1, -0.05) is 289 Å². The molecule has 0 aliphatic heterocycles. The predicted molar refractivity (Wildman–Crippen MR) is 289 cm³/mol. The van der Waals surface area contributed by atoms with Crippen LogP contribution in [-0.2, 0) is 28.6 Å². The second-order valence-corrected chi connectivity index (χ2v) is 20.3. The third kappa shape index (κ3) is 54.7. The molecule has 0 aromatic carbocycles. The molecule has 67 heavy (non-hydrogen) atoms. The van der Waals surface area contributed by atoms with E-state index in [1.54, 1.807) is 0 Å². The van der Waals surface area contributed by atoms with Crippen LogP contribution in [0.5, 0.6) is 0 Å². The van der Waals surface area contributed by atoms with E-state index in [1.165, 1.54) is 218 Å². The quantitative estimate of drug-likeness (QED) is 0.0262. The molecule has 0 aromatic rings. The van der Waals surface area contributed by atoms with Gasteiger partial charge in [-0.3, -0.25) is 14.4 Å². The maximum atomic E-state index is 12.8. The van der Waals surface area contributed by atoms with Gasteiger partial charge in [0.05, 0.1) is 0 Å². The fourth-order valence-electron chi connectivity index (χ4n) is 8.97. The van der Waals surface area contributed by atoms with Crippen LogP contribution < -0.4 is 0 Å². The van der Waals surface area contributed by atoms with Crippen molar-refractivity contribution >= 4 is 17.9 Å². The van der Waals surface area contributed by atoms with Gasteiger partial charge in [-0.25, -0.2) is 0 Å². The van der Waals surface area contributed by atoms with Crippen molar-refractivity contribution in [3.05, 3.63) is 24.3 Å². The van der Waals surface area contributed by atoms with Crippen molar-refractivity contribution in [1.29, 1.82) is 0 Å². The van der Waals surface area contributed by atoms with Crippen LogP contribution in [-0.4, -0.2) is 37.2 Å². The van der Waals surface area contributed by atoms with Crippen molar-refractivity contribution in [2.75, 3.05) is 13.2 Å². The number of ether oxygens (including phenoxy) is 3. The van der Waals surface area contributed by atoms with Gasteiger partial charge in [0.25, 0.3) is 0 Å². The Bertz CT molecular complexity index is 1080. The molecule has 0 fully saturated rings. The number of hydrogen-bond donors (Lipinski definition) is 0. The van der Waals surface area contributed by atoms with Crippen molar-refractivity contribution in [3.8, 4) is 0 Å². The van der Waals surface area contributed by atoms with E-state index in [9.17, 15) is 14.4 Å². The third-order valence-corrected chi connectivity index (χ3v) is 13.5. The van der Waals surface area contributed by atoms with Gasteiger partial charge in [-0.2, -0.15) is 0 Å². The molecule has 6 nitrogen and oxygen atoms in total. The number of carbonyl (C=O) groups is 3. The number of carbonyl (C=O) groups excluding carboxylic acids is 3. The number of esters is 3. The molecule has 1 unspecified atom stereocenters. The lowest BCUT2D eigenvalue weighted by Crippen LogP contribution is -2.30. The van der Waals surface area contributed by atoms with Crippen molar-refractivity contribution in [2.45, 2.75) is 335 Å². The van der Waals surface area contributed by atoms with Gasteiger partial charge in [0.15, 0.2) is 6.10 Å². The van der Waals surface area contributed by atoms with Gasteiger partial charge in [-0.05, 0) is 44.9 Å². The topological polar surface area (TPSA) is 78.9 Å². The fraction of sp³-hybridized carbons (Fsp3) is 0.885. The molecule has 0 heterocycles. The van der Waals surface area contributed by atoms with Crippen LogP contribution >= 0.6 is 0 Å². The highest BCUT2D eigenvalue weighted by Gasteiger charge is 2.19. The molecule has 6 heteroatoms. The highest BCUT2D eigenvalue weighted by Crippen LogP contribution is 2.17. The zero-order valence-electron chi connectivity index (χ0n) is 45.2. The second kappa shape index (κ2) is 56.5. The molecule has 0 bridgehead atoms. The summed E-state index contributed by atoms with van der Waals surface area (Å²) in [5.41, 5.74) is 0. The largest absolute Gasteiger partial charge is 0.462 e. The summed E-state index contributed by atoms with van der Waals surface area (Å²) in [7, 11) is 0. The van der Waals surface area contributed by atoms with Crippen LogP contribution in [0.2, 0.25) is 0 Å². The van der Waals surface area contributed by atoms with E-state index in [-0.39, 0.29) is 31.1 Å². The van der Waals surface area contributed by atoms with Crippen molar-refractivity contribution in [3.63, 3.8) is 0 Å². The molecule has 0 saturated carbocycles. The highest BCUT2D eigenvalue weighted by atomic mass is 16.6. The molecule has 0 aliphatic carbocycles. The van der Waals surface area contributed by atoms with Crippen LogP contribution in [0.1, 0.15) is 329 Å². The molecule has 0 radical (unpaired) electrons. The molecule has 0 rings (SSSR count). The van der Waals surface area contributed by atoms with E-state index >= 15 is 0 Å². The molecular formula is C61H114O6. The van der Waals surface area contributed by atoms with Gasteiger partial charge < -0.3 is 14.2 Å². The van der Waals surface area contributed by atoms with Crippen molar-refractivity contribution < 1.29 is 28.6 Å². The second-order valence-electron chi connectivity index (χ2n) is 20.3. The monoisotopic (exact) mass is 943 g/mol. The summed E-state index contributed by atoms with van der Waals surface area (Å²) in [6, 6.07) is 0. The number of hydrogen-bond acceptors (Lipinski definition) is 6. The zero-order chi connectivity index (χ0) is 48.6. The minimum Gasteiger partial charge on any atom is -0.462 e. The maximum absolute atomic E-state index is 12.8. The summed E-state index contributed by atoms with van der Waals surface area (Å²) in [5, 5.41) is 0. The molecule has 0 saturated heterocycles. The van der Waals surface area contributed by atoms with Crippen LogP contribution in [0.15, 0.2) is 24.3 Å². The lowest BCUT2D eigenvalue weighted by molar-refractivity contribution is -0.167. The van der Waals surface area contributed by atoms with E-state index in [4.69, 9.17) is 14.2 Å². The Kier molecular flexibility index (Phi) is 54.7. The van der Waals surface area contributed by atoms with E-state index in [0.717, 1.165) is 70.6 Å². The predicted octanol–water partition coefficient (Wildman–Crippen LogP) is 19.9. The van der Waals surface area contributed by atoms with Gasteiger partial charge in [0.1, 0.15) is 13.2 Å². The molecule has 0 N–H and O–H groups in total. The van der Waals surface area contributed by atoms with Crippen molar-refractivity contribution in [1.82, 2.24) is 0 Å². The Morgan fingerprint density at radius 3 is 0.806 bits per heavy atom. The SMILES string of the molecule is CCCCCCCCC/C=C\C=C/CCCCCC(=O)OC(COC(=O)CCCCCCCCCCCCCCCC)COC(=O)CCCCCCCCCCCCCCCCCCCCC. The van der Waals surface area contributed by atoms with Gasteiger partial charge in [-0.15, -0.1) is 0 Å². The van der Waals surface area contributed by atoms with E-state index in [1.807, 2.05) is 0 Å². The first-order valence-corrected chi connectivity index (χ1v) is 29.9. The minimum absolute atomic E-state index is 0.0763. The van der Waals surface area contributed by atoms with Gasteiger partial charge in [0, 0.05) is 19.3 Å². The van der Waals surface area contributed by atoms with E-state index in [2.05, 4.69) is 45.1 Å². The first-order chi connectivity index (χ1) is 33.0. The minimum atomic E-state index is -0.780. The smallest absolute Gasteiger partial charge is 0.306 e. The van der Waals surface area contributed by atoms with E-state index in [0.29, 0.717) is 19.3 Å². The zero-order valence-corrected chi connectivity index (χ0v) is 45.2. The summed E-state index contributed by atoms with van der Waals surface area (Å²) in [6.07, 6.45) is 66.0. The Morgan fingerprint density at radius 1 is 0.299 bits per heavy atom. The third-order valence-electron chi connectivity index (χ3n) is 13.5. The van der Waals surface area contributed by atoms with Crippen LogP contribution in [0.4, 0.5) is 0 Å². The Morgan fingerprint density at radius 2 is 0.522 bits per heavy atom. The van der Waals surface area contributed by atoms with Crippen LogP contribution in [0.25, 0.3) is 0 Å². The molecule has 0 aliphatic rings. The summed E-state index contributed by atoms with van der Waals surface area (Å²) in [4.78, 5) is 38.2. The maximum Gasteiger partial charge on any atom is 0.306 e. The standard InChI is InChI=1S/C61H114O6/c1-4-7-10-13-16-19-22-25-28-30-31-32-34-36-39-42-45-48-51-54-60(63)66-57-58(56-65-59(62)53-50-47-44-41-38-35-27-24-21-18-15-12-9-6-3)67-61(64)55-52-49-46-43-40-37-33-29-26-23-20-17-14-11-8-5-2/h29,33,37,40,58H,4-28,30-32,34-36,38-39,41-57H2,1-3H3/b33-29-,40-37-. The Hall–Kier alpha value is -2.11. The number of allylic oxidation sites excluding steroid dienone is 4. The lowest BCUT2D eigenvalue weighted by atomic mass is 10.0. The lowest BCUT2D eigenvalue weighted by Gasteiger charge is -2.18. The normalized spacial score (nSPS) is 12.1. The summed E-state index contributed by atoms with van der Waals surface area (Å²) >= 11 is 0. The molecular weight excluding hydrogens is 829 g/mol. The first kappa shape index (κ1) is 64.9. The molecule has 1 atom stereocenters. The summed E-state index contributed by atoms with van der Waals surface area (Å²) in [5.74, 6) is -0.879. The summed E-state index contributed by atoms with van der Waals surface area (Å²) < 4.78 is 16.9. The van der Waals surface area contributed by atoms with Crippen LogP contribution in [0.3, 0.4) is 0 Å². The summed E-state index contributed by atoms with van der Waals surface area (Å²) in [6.45, 7) is 6.67. The van der Waals surface area contributed by atoms with Crippen LogP contribution in [0, 0.1) is 0 Å². The number of unbranched alkanes of at least 4 members (excludes halogenated alkanes) is 41. The average molecular weight is 944 g/mol. The average Bonchev–Trinajstić information content (AvgIpc) is 3.33. The Balaban J connectivity index is 4.34. The van der Waals surface area contributed by atoms with Crippen molar-refractivity contribution in [2.24, 2.45) is 0 Å². The molecule has 394 valence electrons.